The van der Waals surface area contributed by atoms with Gasteiger partial charge in [0.1, 0.15) is 5.69 Å². The summed E-state index contributed by atoms with van der Waals surface area (Å²) in [5.41, 5.74) is -0.575. The number of hydrogen-bond donors (Lipinski definition) is 1. The molecule has 0 aromatic carbocycles. The van der Waals surface area contributed by atoms with Gasteiger partial charge >= 0.3 is 5.69 Å². The zero-order valence-corrected chi connectivity index (χ0v) is 12.3. The van der Waals surface area contributed by atoms with Crippen molar-refractivity contribution in [2.24, 2.45) is 14.1 Å². The van der Waals surface area contributed by atoms with Gasteiger partial charge in [-0.3, -0.25) is 23.4 Å². The highest BCUT2D eigenvalue weighted by Crippen LogP contribution is 2.10. The third-order valence-corrected chi connectivity index (χ3v) is 3.15. The van der Waals surface area contributed by atoms with Gasteiger partial charge < -0.3 is 5.32 Å². The van der Waals surface area contributed by atoms with Gasteiger partial charge in [-0.25, -0.2) is 4.79 Å². The molecule has 0 unspecified atom stereocenters. The summed E-state index contributed by atoms with van der Waals surface area (Å²) in [6.45, 7) is 3.92. The third kappa shape index (κ3) is 2.78. The molecule has 112 valence electrons. The molecule has 1 amide bonds. The Bertz CT molecular complexity index is 797. The first-order valence-electron chi connectivity index (χ1n) is 6.44. The first-order valence-corrected chi connectivity index (χ1v) is 6.44. The van der Waals surface area contributed by atoms with Crippen LogP contribution in [0.15, 0.2) is 28.0 Å². The van der Waals surface area contributed by atoms with Crippen molar-refractivity contribution >= 4 is 11.6 Å². The number of amides is 1. The Hall–Kier alpha value is -2.64. The minimum absolute atomic E-state index is 0.000368. The first-order chi connectivity index (χ1) is 9.81. The van der Waals surface area contributed by atoms with E-state index in [4.69, 9.17) is 0 Å². The van der Waals surface area contributed by atoms with Crippen LogP contribution in [0.5, 0.6) is 0 Å². The number of aromatic nitrogens is 4. The van der Waals surface area contributed by atoms with Crippen LogP contribution in [-0.2, 0) is 14.1 Å². The topological polar surface area (TPSA) is 90.9 Å². The summed E-state index contributed by atoms with van der Waals surface area (Å²) in [7, 11) is 2.80. The standard InChI is InChI=1S/C13H17N5O3/c1-8(2)18-7-9(6-14-18)15-12(20)10-5-11(19)17(4)13(21)16(10)3/h5-8H,1-4H3,(H,15,20). The molecule has 0 bridgehead atoms. The van der Waals surface area contributed by atoms with E-state index < -0.39 is 17.2 Å². The highest BCUT2D eigenvalue weighted by Gasteiger charge is 2.14. The molecular weight excluding hydrogens is 274 g/mol. The van der Waals surface area contributed by atoms with Crippen molar-refractivity contribution in [1.29, 1.82) is 0 Å². The SMILES string of the molecule is CC(C)n1cc(NC(=O)c2cc(=O)n(C)c(=O)n2C)cn1. The second-order valence-electron chi connectivity index (χ2n) is 5.03. The molecule has 1 N–H and O–H groups in total. The minimum atomic E-state index is -0.550. The highest BCUT2D eigenvalue weighted by molar-refractivity contribution is 6.02. The Kier molecular flexibility index (Phi) is 3.79. The lowest BCUT2D eigenvalue weighted by Crippen LogP contribution is -2.39. The van der Waals surface area contributed by atoms with Crippen LogP contribution in [0.3, 0.4) is 0 Å². The fourth-order valence-electron chi connectivity index (χ4n) is 1.83. The van der Waals surface area contributed by atoms with Crippen molar-refractivity contribution in [3.63, 3.8) is 0 Å². The van der Waals surface area contributed by atoms with Gasteiger partial charge in [0.25, 0.3) is 11.5 Å². The molecule has 0 spiro atoms. The first kappa shape index (κ1) is 14.8. The molecule has 2 rings (SSSR count). The van der Waals surface area contributed by atoms with Crippen LogP contribution >= 0.6 is 0 Å². The van der Waals surface area contributed by atoms with Crippen molar-refractivity contribution in [3.8, 4) is 0 Å². The van der Waals surface area contributed by atoms with Crippen LogP contribution in [0.25, 0.3) is 0 Å². The number of hydrogen-bond acceptors (Lipinski definition) is 4. The van der Waals surface area contributed by atoms with Crippen LogP contribution in [0.2, 0.25) is 0 Å². The largest absolute Gasteiger partial charge is 0.331 e. The number of nitrogens with zero attached hydrogens (tertiary/aromatic N) is 4. The molecule has 2 aromatic rings. The summed E-state index contributed by atoms with van der Waals surface area (Å²) in [4.78, 5) is 35.6. The average molecular weight is 291 g/mol. The number of rotatable bonds is 3. The van der Waals surface area contributed by atoms with E-state index in [0.717, 1.165) is 15.2 Å². The summed E-state index contributed by atoms with van der Waals surface area (Å²) in [5, 5.41) is 6.72. The van der Waals surface area contributed by atoms with Gasteiger partial charge in [-0.2, -0.15) is 5.10 Å². The van der Waals surface area contributed by atoms with Gasteiger partial charge in [-0.1, -0.05) is 0 Å². The average Bonchev–Trinajstić information content (AvgIpc) is 2.89. The van der Waals surface area contributed by atoms with E-state index in [1.807, 2.05) is 13.8 Å². The molecule has 0 aliphatic rings. The number of nitrogens with one attached hydrogen (secondary N) is 1. The molecule has 0 radical (unpaired) electrons. The Balaban J connectivity index is 2.32. The van der Waals surface area contributed by atoms with Crippen molar-refractivity contribution < 1.29 is 4.79 Å². The number of carbonyl (C=O) groups excluding carboxylic acids is 1. The summed E-state index contributed by atoms with van der Waals surface area (Å²) in [6, 6.07) is 1.30. The predicted octanol–water partition coefficient (Wildman–Crippen LogP) is 0.114. The zero-order valence-electron chi connectivity index (χ0n) is 12.3. The summed E-state index contributed by atoms with van der Waals surface area (Å²) in [6.07, 6.45) is 3.19. The van der Waals surface area contributed by atoms with Gasteiger partial charge in [-0.15, -0.1) is 0 Å². The van der Waals surface area contributed by atoms with Gasteiger partial charge in [0.15, 0.2) is 0 Å². The molecule has 8 nitrogen and oxygen atoms in total. The molecule has 2 heterocycles. The van der Waals surface area contributed by atoms with Crippen LogP contribution in [-0.4, -0.2) is 24.8 Å². The summed E-state index contributed by atoms with van der Waals surface area (Å²) < 4.78 is 3.76. The van der Waals surface area contributed by atoms with E-state index in [0.29, 0.717) is 5.69 Å². The molecule has 2 aromatic heterocycles. The second kappa shape index (κ2) is 5.39. The number of anilines is 1. The van der Waals surface area contributed by atoms with Gasteiger partial charge in [0.2, 0.25) is 0 Å². The third-order valence-electron chi connectivity index (χ3n) is 3.15. The summed E-state index contributed by atoms with van der Waals surface area (Å²) in [5.74, 6) is -0.532. The highest BCUT2D eigenvalue weighted by atomic mass is 16.2. The Morgan fingerprint density at radius 2 is 1.90 bits per heavy atom. The quantitative estimate of drug-likeness (QED) is 0.869. The molecule has 0 fully saturated rings. The fourth-order valence-corrected chi connectivity index (χ4v) is 1.83. The smallest absolute Gasteiger partial charge is 0.318 e. The monoisotopic (exact) mass is 291 g/mol. The molecule has 0 atom stereocenters. The normalized spacial score (nSPS) is 10.9. The van der Waals surface area contributed by atoms with Crippen molar-refractivity contribution in [3.05, 3.63) is 45.0 Å². The minimum Gasteiger partial charge on any atom is -0.318 e. The molecular formula is C13H17N5O3. The van der Waals surface area contributed by atoms with E-state index in [9.17, 15) is 14.4 Å². The van der Waals surface area contributed by atoms with Gasteiger partial charge in [0.05, 0.1) is 11.9 Å². The maximum atomic E-state index is 12.2. The maximum Gasteiger partial charge on any atom is 0.331 e. The molecule has 0 saturated carbocycles. The van der Waals surface area contributed by atoms with Crippen LogP contribution in [0, 0.1) is 0 Å². The summed E-state index contributed by atoms with van der Waals surface area (Å²) >= 11 is 0. The zero-order chi connectivity index (χ0) is 15.7. The van der Waals surface area contributed by atoms with Gasteiger partial charge in [0, 0.05) is 32.4 Å². The molecule has 0 aliphatic heterocycles. The van der Waals surface area contributed by atoms with E-state index in [1.54, 1.807) is 10.9 Å². The molecule has 0 saturated heterocycles. The lowest BCUT2D eigenvalue weighted by atomic mass is 10.3. The van der Waals surface area contributed by atoms with Crippen molar-refractivity contribution in [1.82, 2.24) is 18.9 Å². The molecule has 0 aliphatic carbocycles. The van der Waals surface area contributed by atoms with Crippen LogP contribution in [0.4, 0.5) is 5.69 Å². The van der Waals surface area contributed by atoms with Crippen molar-refractivity contribution in [2.75, 3.05) is 5.32 Å². The lowest BCUT2D eigenvalue weighted by molar-refractivity contribution is 0.101. The Morgan fingerprint density at radius 3 is 2.48 bits per heavy atom. The Morgan fingerprint density at radius 1 is 1.24 bits per heavy atom. The fraction of sp³-hybridized carbons (Fsp3) is 0.385. The number of carbonyl (C=O) groups is 1. The predicted molar refractivity (Wildman–Crippen MR) is 77.5 cm³/mol. The molecule has 8 heteroatoms. The lowest BCUT2D eigenvalue weighted by Gasteiger charge is -2.09. The van der Waals surface area contributed by atoms with Crippen molar-refractivity contribution in [2.45, 2.75) is 19.9 Å². The van der Waals surface area contributed by atoms with E-state index in [1.165, 1.54) is 20.3 Å². The van der Waals surface area contributed by atoms with Crippen LogP contribution < -0.4 is 16.6 Å². The second-order valence-corrected chi connectivity index (χ2v) is 5.03. The van der Waals surface area contributed by atoms with E-state index >= 15 is 0 Å². The van der Waals surface area contributed by atoms with Gasteiger partial charge in [-0.05, 0) is 13.8 Å². The van der Waals surface area contributed by atoms with E-state index in [2.05, 4.69) is 10.4 Å². The molecule has 21 heavy (non-hydrogen) atoms. The van der Waals surface area contributed by atoms with Crippen LogP contribution in [0.1, 0.15) is 30.4 Å². The van der Waals surface area contributed by atoms with E-state index in [-0.39, 0.29) is 11.7 Å². The maximum absolute atomic E-state index is 12.2. The Labute approximate surface area is 120 Å².